The molecule has 2 heterocycles. The van der Waals surface area contributed by atoms with E-state index in [1.54, 1.807) is 16.7 Å². The minimum atomic E-state index is -0.104. The van der Waals surface area contributed by atoms with Crippen LogP contribution in [0.1, 0.15) is 16.9 Å². The Hall–Kier alpha value is -1.70. The summed E-state index contributed by atoms with van der Waals surface area (Å²) in [4.78, 5) is 21.3. The lowest BCUT2D eigenvalue weighted by Crippen LogP contribution is -2.26. The molecule has 0 saturated carbocycles. The molecule has 0 bridgehead atoms. The highest BCUT2D eigenvalue weighted by molar-refractivity contribution is 7.95. The topological polar surface area (TPSA) is 54.9 Å². The summed E-state index contributed by atoms with van der Waals surface area (Å²) in [5, 5.41) is 8.49. The minimum Gasteiger partial charge on any atom is -0.350 e. The van der Waals surface area contributed by atoms with Crippen LogP contribution in [0.2, 0.25) is 0 Å². The van der Waals surface area contributed by atoms with Crippen LogP contribution in [-0.4, -0.2) is 40.7 Å². The van der Waals surface area contributed by atoms with Crippen molar-refractivity contribution in [1.82, 2.24) is 15.3 Å². The van der Waals surface area contributed by atoms with E-state index in [0.29, 0.717) is 23.1 Å². The van der Waals surface area contributed by atoms with Crippen LogP contribution in [0.15, 0.2) is 41.1 Å². The van der Waals surface area contributed by atoms with Crippen LogP contribution in [0.4, 0.5) is 0 Å². The fourth-order valence-corrected chi connectivity index (χ4v) is 4.60. The zero-order valence-corrected chi connectivity index (χ0v) is 16.6. The van der Waals surface area contributed by atoms with Gasteiger partial charge >= 0.3 is 0 Å². The number of carbonyl (C=O) groups excluding carboxylic acids is 1. The zero-order chi connectivity index (χ0) is 17.6. The maximum Gasteiger partial charge on any atom is 0.270 e. The third-order valence-electron chi connectivity index (χ3n) is 3.50. The van der Waals surface area contributed by atoms with Crippen molar-refractivity contribution in [3.8, 4) is 21.3 Å². The van der Waals surface area contributed by atoms with Gasteiger partial charge < -0.3 is 5.32 Å². The lowest BCUT2D eigenvalue weighted by atomic mass is 10.2. The fourth-order valence-electron chi connectivity index (χ4n) is 2.23. The quantitative estimate of drug-likeness (QED) is 0.491. The molecule has 0 unspecified atom stereocenters. The molecule has 0 fully saturated rings. The number of benzene rings is 1. The number of carbonyl (C=O) groups is 1. The van der Waals surface area contributed by atoms with Crippen molar-refractivity contribution in [3.63, 3.8) is 0 Å². The second-order valence-corrected chi connectivity index (χ2v) is 9.84. The van der Waals surface area contributed by atoms with E-state index < -0.39 is 0 Å². The molecule has 0 spiro atoms. The standard InChI is InChI=1S/C18H19N3OS3/c1-25(2)10-6-9-19-16(22)14-11-24-18(20-14)15-12-23-17(21-15)13-7-4-3-5-8-13/h3-5,7-8,11-12H,6,9-10H2,1-2H3/p+1. The molecule has 0 aliphatic carbocycles. The number of nitrogens with one attached hydrogen (secondary N) is 1. The van der Waals surface area contributed by atoms with Crippen molar-refractivity contribution < 1.29 is 4.79 Å². The van der Waals surface area contributed by atoms with E-state index in [-0.39, 0.29) is 5.91 Å². The van der Waals surface area contributed by atoms with E-state index in [0.717, 1.165) is 33.4 Å². The molecule has 1 aromatic carbocycles. The molecule has 2 aromatic heterocycles. The lowest BCUT2D eigenvalue weighted by Gasteiger charge is -2.01. The predicted molar refractivity (Wildman–Crippen MR) is 110 cm³/mol. The number of aromatic nitrogens is 2. The highest BCUT2D eigenvalue weighted by Crippen LogP contribution is 2.30. The molecular weight excluding hydrogens is 370 g/mol. The first-order valence-corrected chi connectivity index (χ1v) is 11.9. The summed E-state index contributed by atoms with van der Waals surface area (Å²) in [7, 11) is 0.419. The van der Waals surface area contributed by atoms with Crippen LogP contribution < -0.4 is 5.32 Å². The third kappa shape index (κ3) is 4.90. The van der Waals surface area contributed by atoms with Gasteiger partial charge in [0.2, 0.25) is 0 Å². The predicted octanol–water partition coefficient (Wildman–Crippen LogP) is 3.93. The first-order valence-electron chi connectivity index (χ1n) is 7.92. The van der Waals surface area contributed by atoms with Gasteiger partial charge in [-0.25, -0.2) is 9.97 Å². The fraction of sp³-hybridized carbons (Fsp3) is 0.278. The van der Waals surface area contributed by atoms with E-state index in [2.05, 4.69) is 27.8 Å². The first kappa shape index (κ1) is 18.1. The molecule has 1 amide bonds. The highest BCUT2D eigenvalue weighted by atomic mass is 32.2. The van der Waals surface area contributed by atoms with Gasteiger partial charge in [0, 0.05) is 29.3 Å². The van der Waals surface area contributed by atoms with E-state index in [1.807, 2.05) is 35.7 Å². The van der Waals surface area contributed by atoms with Crippen LogP contribution in [0, 0.1) is 0 Å². The van der Waals surface area contributed by atoms with Gasteiger partial charge in [0.1, 0.15) is 27.2 Å². The number of rotatable bonds is 7. The summed E-state index contributed by atoms with van der Waals surface area (Å²) in [6.07, 6.45) is 5.43. The average Bonchev–Trinajstić information content (AvgIpc) is 3.28. The Morgan fingerprint density at radius 3 is 2.60 bits per heavy atom. The van der Waals surface area contributed by atoms with Crippen molar-refractivity contribution in [2.45, 2.75) is 6.42 Å². The Kier molecular flexibility index (Phi) is 6.23. The molecule has 0 saturated heterocycles. The van der Waals surface area contributed by atoms with Crippen molar-refractivity contribution in [2.75, 3.05) is 24.8 Å². The monoisotopic (exact) mass is 390 g/mol. The molecule has 7 heteroatoms. The van der Waals surface area contributed by atoms with Gasteiger partial charge in [-0.1, -0.05) is 30.3 Å². The molecule has 0 radical (unpaired) electrons. The van der Waals surface area contributed by atoms with Gasteiger partial charge in [-0.2, -0.15) is 0 Å². The molecule has 130 valence electrons. The summed E-state index contributed by atoms with van der Waals surface area (Å²) in [5.74, 6) is 1.04. The summed E-state index contributed by atoms with van der Waals surface area (Å²) in [6.45, 7) is 0.700. The Balaban J connectivity index is 1.63. The third-order valence-corrected chi connectivity index (χ3v) is 6.36. The Morgan fingerprint density at radius 1 is 1.08 bits per heavy atom. The number of amides is 1. The molecule has 0 aliphatic heterocycles. The normalized spacial score (nSPS) is 11.0. The Bertz CT molecular complexity index is 827. The Labute approximate surface area is 158 Å². The SMILES string of the molecule is C[S+](C)CCCNC(=O)c1csc(-c2csc(-c3ccccc3)n2)n1. The van der Waals surface area contributed by atoms with Crippen LogP contribution in [0.3, 0.4) is 0 Å². The summed E-state index contributed by atoms with van der Waals surface area (Å²) < 4.78 is 0. The molecule has 4 nitrogen and oxygen atoms in total. The maximum absolute atomic E-state index is 12.2. The van der Waals surface area contributed by atoms with Crippen molar-refractivity contribution in [3.05, 3.63) is 46.8 Å². The maximum atomic E-state index is 12.2. The smallest absolute Gasteiger partial charge is 0.270 e. The summed E-state index contributed by atoms with van der Waals surface area (Å²) in [5.41, 5.74) is 2.40. The molecule has 3 rings (SSSR count). The Morgan fingerprint density at radius 2 is 1.84 bits per heavy atom. The van der Waals surface area contributed by atoms with Gasteiger partial charge in [0.25, 0.3) is 5.91 Å². The number of hydrogen-bond acceptors (Lipinski definition) is 5. The molecule has 3 aromatic rings. The van der Waals surface area contributed by atoms with Crippen molar-refractivity contribution in [2.24, 2.45) is 0 Å². The van der Waals surface area contributed by atoms with Crippen LogP contribution in [0.5, 0.6) is 0 Å². The first-order chi connectivity index (χ1) is 12.1. The van der Waals surface area contributed by atoms with Crippen LogP contribution >= 0.6 is 22.7 Å². The van der Waals surface area contributed by atoms with Gasteiger partial charge in [-0.05, 0) is 10.9 Å². The molecule has 25 heavy (non-hydrogen) atoms. The molecule has 0 aliphatic rings. The number of hydrogen-bond donors (Lipinski definition) is 1. The summed E-state index contributed by atoms with van der Waals surface area (Å²) in [6, 6.07) is 10.1. The highest BCUT2D eigenvalue weighted by Gasteiger charge is 2.14. The van der Waals surface area contributed by atoms with Gasteiger partial charge in [-0.15, -0.1) is 22.7 Å². The molecular formula is C18H20N3OS3+. The van der Waals surface area contributed by atoms with Gasteiger partial charge in [0.15, 0.2) is 0 Å². The summed E-state index contributed by atoms with van der Waals surface area (Å²) >= 11 is 3.05. The lowest BCUT2D eigenvalue weighted by molar-refractivity contribution is 0.0949. The van der Waals surface area contributed by atoms with E-state index in [9.17, 15) is 4.79 Å². The zero-order valence-electron chi connectivity index (χ0n) is 14.2. The van der Waals surface area contributed by atoms with Crippen molar-refractivity contribution >= 4 is 39.5 Å². The van der Waals surface area contributed by atoms with Crippen LogP contribution in [0.25, 0.3) is 21.3 Å². The molecule has 1 N–H and O–H groups in total. The number of nitrogens with zero attached hydrogens (tertiary/aromatic N) is 2. The minimum absolute atomic E-state index is 0.104. The van der Waals surface area contributed by atoms with Crippen molar-refractivity contribution in [1.29, 1.82) is 0 Å². The van der Waals surface area contributed by atoms with Gasteiger partial charge in [0.05, 0.1) is 12.5 Å². The second-order valence-electron chi connectivity index (χ2n) is 5.74. The second kappa shape index (κ2) is 8.60. The largest absolute Gasteiger partial charge is 0.350 e. The van der Waals surface area contributed by atoms with E-state index >= 15 is 0 Å². The average molecular weight is 391 g/mol. The van der Waals surface area contributed by atoms with E-state index in [4.69, 9.17) is 0 Å². The van der Waals surface area contributed by atoms with Gasteiger partial charge in [-0.3, -0.25) is 4.79 Å². The molecule has 0 atom stereocenters. The van der Waals surface area contributed by atoms with E-state index in [1.165, 1.54) is 11.3 Å². The van der Waals surface area contributed by atoms with Crippen LogP contribution in [-0.2, 0) is 10.9 Å². The number of thiazole rings is 2.